The summed E-state index contributed by atoms with van der Waals surface area (Å²) in [5, 5.41) is 11.9. The van der Waals surface area contributed by atoms with Gasteiger partial charge in [-0.1, -0.05) is 26.0 Å². The number of anilines is 2. The van der Waals surface area contributed by atoms with Gasteiger partial charge in [0, 0.05) is 5.69 Å². The molecule has 0 bridgehead atoms. The van der Waals surface area contributed by atoms with Crippen LogP contribution in [-0.2, 0) is 0 Å². The van der Waals surface area contributed by atoms with Crippen molar-refractivity contribution in [3.05, 3.63) is 57.8 Å². The van der Waals surface area contributed by atoms with Crippen LogP contribution in [0.2, 0.25) is 0 Å². The third-order valence-corrected chi connectivity index (χ3v) is 3.83. The highest BCUT2D eigenvalue weighted by molar-refractivity contribution is 9.10. The highest BCUT2D eigenvalue weighted by atomic mass is 79.9. The van der Waals surface area contributed by atoms with E-state index in [1.54, 1.807) is 12.1 Å². The fourth-order valence-corrected chi connectivity index (χ4v) is 2.27. The molecule has 0 amide bonds. The summed E-state index contributed by atoms with van der Waals surface area (Å²) in [6, 6.07) is 12.9. The van der Waals surface area contributed by atoms with Crippen molar-refractivity contribution in [2.24, 2.45) is 0 Å². The molecule has 0 spiro atoms. The van der Waals surface area contributed by atoms with Crippen LogP contribution in [0.5, 0.6) is 0 Å². The first-order valence-corrected chi connectivity index (χ1v) is 7.07. The third-order valence-electron chi connectivity index (χ3n) is 3.06. The van der Waals surface area contributed by atoms with E-state index >= 15 is 0 Å². The molecule has 4 heteroatoms. The van der Waals surface area contributed by atoms with Crippen LogP contribution in [0.3, 0.4) is 0 Å². The summed E-state index contributed by atoms with van der Waals surface area (Å²) < 4.78 is 14.3. The van der Waals surface area contributed by atoms with Gasteiger partial charge in [-0.3, -0.25) is 0 Å². The molecule has 0 fully saturated rings. The van der Waals surface area contributed by atoms with Gasteiger partial charge in [-0.25, -0.2) is 4.39 Å². The van der Waals surface area contributed by atoms with Crippen LogP contribution >= 0.6 is 15.9 Å². The van der Waals surface area contributed by atoms with Gasteiger partial charge in [-0.2, -0.15) is 5.26 Å². The zero-order chi connectivity index (χ0) is 14.7. The van der Waals surface area contributed by atoms with E-state index in [4.69, 9.17) is 5.26 Å². The summed E-state index contributed by atoms with van der Waals surface area (Å²) in [7, 11) is 0. The van der Waals surface area contributed by atoms with Gasteiger partial charge < -0.3 is 5.32 Å². The molecular weight excluding hydrogens is 319 g/mol. The maximum absolute atomic E-state index is 14.1. The Labute approximate surface area is 126 Å². The van der Waals surface area contributed by atoms with E-state index < -0.39 is 5.82 Å². The van der Waals surface area contributed by atoms with Crippen molar-refractivity contribution in [2.45, 2.75) is 19.8 Å². The Balaban J connectivity index is 2.27. The van der Waals surface area contributed by atoms with E-state index in [1.165, 1.54) is 5.56 Å². The predicted octanol–water partition coefficient (Wildman–Crippen LogP) is 5.33. The van der Waals surface area contributed by atoms with E-state index in [0.29, 0.717) is 11.6 Å². The molecule has 0 aliphatic rings. The number of rotatable bonds is 3. The van der Waals surface area contributed by atoms with Crippen molar-refractivity contribution in [1.82, 2.24) is 0 Å². The lowest BCUT2D eigenvalue weighted by atomic mass is 10.0. The lowest BCUT2D eigenvalue weighted by Crippen LogP contribution is -1.96. The maximum atomic E-state index is 14.1. The molecule has 2 nitrogen and oxygen atoms in total. The molecule has 0 aliphatic heterocycles. The second kappa shape index (κ2) is 6.06. The molecule has 102 valence electrons. The Morgan fingerprint density at radius 1 is 1.15 bits per heavy atom. The fraction of sp³-hybridized carbons (Fsp3) is 0.188. The molecule has 0 radical (unpaired) electrons. The van der Waals surface area contributed by atoms with Crippen molar-refractivity contribution >= 4 is 27.3 Å². The minimum Gasteiger partial charge on any atom is -0.353 e. The van der Waals surface area contributed by atoms with Crippen LogP contribution in [0.4, 0.5) is 15.8 Å². The standard InChI is InChI=1S/C16H14BrFN2/c1-10(2)11-3-6-13(7-4-11)20-14-8-5-12(9-19)15(17)16(14)18/h3-8,10,20H,1-2H3. The van der Waals surface area contributed by atoms with Crippen molar-refractivity contribution in [1.29, 1.82) is 5.26 Å². The molecule has 0 aromatic heterocycles. The topological polar surface area (TPSA) is 35.8 Å². The lowest BCUT2D eigenvalue weighted by Gasteiger charge is -2.11. The number of nitrogens with zero attached hydrogens (tertiary/aromatic N) is 1. The lowest BCUT2D eigenvalue weighted by molar-refractivity contribution is 0.624. The van der Waals surface area contributed by atoms with Gasteiger partial charge in [0.2, 0.25) is 0 Å². The smallest absolute Gasteiger partial charge is 0.162 e. The summed E-state index contributed by atoms with van der Waals surface area (Å²) in [5.74, 6) is 0.00169. The highest BCUT2D eigenvalue weighted by Crippen LogP contribution is 2.29. The first-order valence-electron chi connectivity index (χ1n) is 6.28. The predicted molar refractivity (Wildman–Crippen MR) is 82.6 cm³/mol. The monoisotopic (exact) mass is 332 g/mol. The molecule has 2 aromatic carbocycles. The largest absolute Gasteiger partial charge is 0.353 e. The average molecular weight is 333 g/mol. The summed E-state index contributed by atoms with van der Waals surface area (Å²) >= 11 is 3.10. The number of hydrogen-bond donors (Lipinski definition) is 1. The second-order valence-corrected chi connectivity index (χ2v) is 5.60. The number of hydrogen-bond acceptors (Lipinski definition) is 2. The van der Waals surface area contributed by atoms with Crippen LogP contribution in [0, 0.1) is 17.1 Å². The number of nitriles is 1. The molecule has 0 heterocycles. The van der Waals surface area contributed by atoms with Crippen LogP contribution in [0.25, 0.3) is 0 Å². The minimum absolute atomic E-state index is 0.184. The summed E-state index contributed by atoms with van der Waals surface area (Å²) in [4.78, 5) is 0. The fourth-order valence-electron chi connectivity index (χ4n) is 1.84. The first-order chi connectivity index (χ1) is 9.52. The first kappa shape index (κ1) is 14.5. The van der Waals surface area contributed by atoms with Crippen molar-refractivity contribution in [2.75, 3.05) is 5.32 Å². The molecule has 2 aromatic rings. The van der Waals surface area contributed by atoms with Crippen LogP contribution in [-0.4, -0.2) is 0 Å². The summed E-state index contributed by atoms with van der Waals surface area (Å²) in [5.41, 5.74) is 2.67. The Morgan fingerprint density at radius 3 is 2.35 bits per heavy atom. The van der Waals surface area contributed by atoms with Crippen molar-refractivity contribution in [3.63, 3.8) is 0 Å². The molecule has 0 saturated carbocycles. The minimum atomic E-state index is -0.461. The number of halogens is 2. The quantitative estimate of drug-likeness (QED) is 0.824. The van der Waals surface area contributed by atoms with E-state index in [2.05, 4.69) is 35.1 Å². The summed E-state index contributed by atoms with van der Waals surface area (Å²) in [6.07, 6.45) is 0. The second-order valence-electron chi connectivity index (χ2n) is 4.80. The van der Waals surface area contributed by atoms with Gasteiger partial charge in [0.15, 0.2) is 5.82 Å². The van der Waals surface area contributed by atoms with Gasteiger partial charge in [0.1, 0.15) is 6.07 Å². The molecule has 1 N–H and O–H groups in total. The van der Waals surface area contributed by atoms with E-state index in [-0.39, 0.29) is 10.0 Å². The van der Waals surface area contributed by atoms with Gasteiger partial charge in [0.05, 0.1) is 15.7 Å². The Kier molecular flexibility index (Phi) is 4.41. The Morgan fingerprint density at radius 2 is 1.80 bits per heavy atom. The van der Waals surface area contributed by atoms with Gasteiger partial charge in [-0.15, -0.1) is 0 Å². The molecule has 20 heavy (non-hydrogen) atoms. The summed E-state index contributed by atoms with van der Waals surface area (Å²) in [6.45, 7) is 4.25. The van der Waals surface area contributed by atoms with Crippen LogP contribution in [0.15, 0.2) is 40.9 Å². The zero-order valence-corrected chi connectivity index (χ0v) is 12.8. The Hall–Kier alpha value is -1.86. The normalized spacial score (nSPS) is 10.4. The molecular formula is C16H14BrFN2. The van der Waals surface area contributed by atoms with Crippen molar-refractivity contribution < 1.29 is 4.39 Å². The molecule has 0 saturated heterocycles. The third kappa shape index (κ3) is 3.00. The van der Waals surface area contributed by atoms with Crippen LogP contribution < -0.4 is 5.32 Å². The zero-order valence-electron chi connectivity index (χ0n) is 11.2. The number of nitrogens with one attached hydrogen (secondary N) is 1. The Bertz CT molecular complexity index is 657. The highest BCUT2D eigenvalue weighted by Gasteiger charge is 2.11. The van der Waals surface area contributed by atoms with E-state index in [0.717, 1.165) is 5.69 Å². The van der Waals surface area contributed by atoms with E-state index in [9.17, 15) is 4.39 Å². The number of benzene rings is 2. The van der Waals surface area contributed by atoms with Gasteiger partial charge in [-0.05, 0) is 51.7 Å². The molecule has 0 atom stereocenters. The van der Waals surface area contributed by atoms with Gasteiger partial charge in [0.25, 0.3) is 0 Å². The molecule has 0 aliphatic carbocycles. The SMILES string of the molecule is CC(C)c1ccc(Nc2ccc(C#N)c(Br)c2F)cc1. The van der Waals surface area contributed by atoms with Gasteiger partial charge >= 0.3 is 0 Å². The maximum Gasteiger partial charge on any atom is 0.162 e. The van der Waals surface area contributed by atoms with E-state index in [1.807, 2.05) is 30.3 Å². The van der Waals surface area contributed by atoms with Crippen LogP contribution in [0.1, 0.15) is 30.9 Å². The van der Waals surface area contributed by atoms with Crippen molar-refractivity contribution in [3.8, 4) is 6.07 Å². The molecule has 0 unspecified atom stereocenters. The molecule has 2 rings (SSSR count). The average Bonchev–Trinajstić information content (AvgIpc) is 2.45.